The fourth-order valence-electron chi connectivity index (χ4n) is 3.45. The summed E-state index contributed by atoms with van der Waals surface area (Å²) in [5, 5.41) is 3.18. The molecule has 0 fully saturated rings. The molecule has 1 N–H and O–H groups in total. The molecule has 0 amide bonds. The van der Waals surface area contributed by atoms with Gasteiger partial charge in [0.05, 0.1) is 43.3 Å². The Morgan fingerprint density at radius 1 is 1.06 bits per heavy atom. The summed E-state index contributed by atoms with van der Waals surface area (Å²) >= 11 is 0. The van der Waals surface area contributed by atoms with E-state index in [9.17, 15) is 22.8 Å². The Morgan fingerprint density at radius 3 is 2.33 bits per heavy atom. The van der Waals surface area contributed by atoms with E-state index >= 15 is 0 Å². The van der Waals surface area contributed by atoms with Gasteiger partial charge < -0.3 is 24.4 Å². The molecule has 1 aliphatic rings. The standard InChI is InChI=1S/C23H23F3N2O5/c1-14(15-7-5-4-6-8-15)27-18-10-9-16(23(24,25)26)11-19(18)28-13-33-12-17(21(29)31-2)20(28)22(30)32-3/h4-11,14,27H,12-13H2,1-3H3. The summed E-state index contributed by atoms with van der Waals surface area (Å²) in [4.78, 5) is 26.0. The number of nitrogens with one attached hydrogen (secondary N) is 1. The second-order valence-electron chi connectivity index (χ2n) is 7.22. The zero-order valence-corrected chi connectivity index (χ0v) is 18.2. The van der Waals surface area contributed by atoms with Crippen LogP contribution in [-0.4, -0.2) is 39.5 Å². The Labute approximate surface area is 188 Å². The minimum absolute atomic E-state index is 0.00545. The van der Waals surface area contributed by atoms with Crippen LogP contribution < -0.4 is 10.2 Å². The van der Waals surface area contributed by atoms with Crippen LogP contribution in [0.15, 0.2) is 59.8 Å². The summed E-state index contributed by atoms with van der Waals surface area (Å²) in [6, 6.07) is 12.1. The van der Waals surface area contributed by atoms with Crippen LogP contribution in [0.3, 0.4) is 0 Å². The van der Waals surface area contributed by atoms with Crippen molar-refractivity contribution in [2.75, 3.05) is 37.8 Å². The maximum Gasteiger partial charge on any atom is 0.416 e. The van der Waals surface area contributed by atoms with Crippen molar-refractivity contribution in [1.82, 2.24) is 0 Å². The van der Waals surface area contributed by atoms with E-state index in [4.69, 9.17) is 14.2 Å². The van der Waals surface area contributed by atoms with Gasteiger partial charge in [-0.15, -0.1) is 0 Å². The second-order valence-corrected chi connectivity index (χ2v) is 7.22. The number of halogens is 3. The molecule has 1 atom stereocenters. The second kappa shape index (κ2) is 9.95. The van der Waals surface area contributed by atoms with Crippen LogP contribution in [0, 0.1) is 0 Å². The number of carbonyl (C=O) groups is 2. The first-order valence-corrected chi connectivity index (χ1v) is 9.95. The Morgan fingerprint density at radius 2 is 1.73 bits per heavy atom. The van der Waals surface area contributed by atoms with E-state index < -0.39 is 23.7 Å². The van der Waals surface area contributed by atoms with Gasteiger partial charge in [0.15, 0.2) is 0 Å². The zero-order valence-electron chi connectivity index (χ0n) is 18.2. The number of anilines is 2. The molecule has 0 radical (unpaired) electrons. The minimum Gasteiger partial charge on any atom is -0.466 e. The molecule has 176 valence electrons. The number of carbonyl (C=O) groups excluding carboxylic acids is 2. The van der Waals surface area contributed by atoms with Crippen LogP contribution in [0.5, 0.6) is 0 Å². The van der Waals surface area contributed by atoms with Crippen LogP contribution in [0.25, 0.3) is 0 Å². The molecule has 0 saturated carbocycles. The Bertz CT molecular complexity index is 1050. The summed E-state index contributed by atoms with van der Waals surface area (Å²) in [6.07, 6.45) is -4.63. The lowest BCUT2D eigenvalue weighted by atomic mass is 10.1. The van der Waals surface area contributed by atoms with Gasteiger partial charge in [-0.2, -0.15) is 13.2 Å². The Hall–Kier alpha value is -3.53. The summed E-state index contributed by atoms with van der Waals surface area (Å²) in [6.45, 7) is 1.32. The summed E-state index contributed by atoms with van der Waals surface area (Å²) in [5.41, 5.74) is -0.132. The molecule has 3 rings (SSSR count). The van der Waals surface area contributed by atoms with E-state index in [-0.39, 0.29) is 36.3 Å². The van der Waals surface area contributed by atoms with Crippen LogP contribution >= 0.6 is 0 Å². The van der Waals surface area contributed by atoms with E-state index in [0.29, 0.717) is 5.69 Å². The summed E-state index contributed by atoms with van der Waals surface area (Å²) in [5.74, 6) is -1.75. The van der Waals surface area contributed by atoms with Crippen LogP contribution in [0.2, 0.25) is 0 Å². The van der Waals surface area contributed by atoms with E-state index in [0.717, 1.165) is 31.9 Å². The maximum absolute atomic E-state index is 13.5. The Kier molecular flexibility index (Phi) is 7.27. The van der Waals surface area contributed by atoms with Crippen molar-refractivity contribution in [3.05, 3.63) is 70.9 Å². The molecule has 7 nitrogen and oxygen atoms in total. The van der Waals surface area contributed by atoms with Gasteiger partial charge >= 0.3 is 18.1 Å². The molecular weight excluding hydrogens is 441 g/mol. The first-order chi connectivity index (χ1) is 15.7. The van der Waals surface area contributed by atoms with Gasteiger partial charge in [0.25, 0.3) is 0 Å². The number of methoxy groups -OCH3 is 2. The van der Waals surface area contributed by atoms with Crippen molar-refractivity contribution < 1.29 is 37.0 Å². The SMILES string of the molecule is COC(=O)C1=C(C(=O)OC)N(c2cc(C(F)(F)F)ccc2NC(C)c2ccccc2)COC1. The van der Waals surface area contributed by atoms with Gasteiger partial charge in [-0.05, 0) is 30.7 Å². The first-order valence-electron chi connectivity index (χ1n) is 9.95. The number of ether oxygens (including phenoxy) is 3. The molecular formula is C23H23F3N2O5. The predicted octanol–water partition coefficient (Wildman–Crippen LogP) is 4.27. The van der Waals surface area contributed by atoms with E-state index in [1.807, 2.05) is 37.3 Å². The topological polar surface area (TPSA) is 77.1 Å². The van der Waals surface area contributed by atoms with Gasteiger partial charge in [-0.3, -0.25) is 0 Å². The predicted molar refractivity (Wildman–Crippen MR) is 114 cm³/mol. The lowest BCUT2D eigenvalue weighted by Gasteiger charge is -2.33. The average molecular weight is 464 g/mol. The quantitative estimate of drug-likeness (QED) is 0.640. The van der Waals surface area contributed by atoms with Gasteiger partial charge in [-0.25, -0.2) is 9.59 Å². The van der Waals surface area contributed by atoms with Crippen LogP contribution in [0.4, 0.5) is 24.5 Å². The smallest absolute Gasteiger partial charge is 0.416 e. The van der Waals surface area contributed by atoms with Gasteiger partial charge in [-0.1, -0.05) is 30.3 Å². The Balaban J connectivity index is 2.15. The molecule has 33 heavy (non-hydrogen) atoms. The minimum atomic E-state index is -4.63. The molecule has 1 unspecified atom stereocenters. The highest BCUT2D eigenvalue weighted by atomic mass is 19.4. The van der Waals surface area contributed by atoms with Gasteiger partial charge in [0, 0.05) is 6.04 Å². The number of esters is 2. The molecule has 0 aliphatic carbocycles. The molecule has 0 saturated heterocycles. The molecule has 10 heteroatoms. The number of alkyl halides is 3. The number of hydrogen-bond acceptors (Lipinski definition) is 7. The molecule has 0 aromatic heterocycles. The number of hydrogen-bond donors (Lipinski definition) is 1. The summed E-state index contributed by atoms with van der Waals surface area (Å²) < 4.78 is 55.5. The normalized spacial score (nSPS) is 15.2. The number of rotatable bonds is 6. The largest absolute Gasteiger partial charge is 0.466 e. The zero-order chi connectivity index (χ0) is 24.2. The fourth-order valence-corrected chi connectivity index (χ4v) is 3.45. The molecule has 2 aromatic carbocycles. The molecule has 0 spiro atoms. The third-order valence-electron chi connectivity index (χ3n) is 5.12. The van der Waals surface area contributed by atoms with Crippen molar-refractivity contribution in [3.8, 4) is 0 Å². The van der Waals surface area contributed by atoms with Crippen molar-refractivity contribution in [1.29, 1.82) is 0 Å². The van der Waals surface area contributed by atoms with Crippen molar-refractivity contribution in [2.45, 2.75) is 19.1 Å². The van der Waals surface area contributed by atoms with Crippen molar-refractivity contribution in [3.63, 3.8) is 0 Å². The van der Waals surface area contributed by atoms with E-state index in [1.165, 1.54) is 11.0 Å². The monoisotopic (exact) mass is 464 g/mol. The van der Waals surface area contributed by atoms with E-state index in [2.05, 4.69) is 5.32 Å². The number of nitrogens with zero attached hydrogens (tertiary/aromatic N) is 1. The third-order valence-corrected chi connectivity index (χ3v) is 5.12. The molecule has 1 heterocycles. The lowest BCUT2D eigenvalue weighted by Crippen LogP contribution is -2.39. The van der Waals surface area contributed by atoms with Gasteiger partial charge in [0.1, 0.15) is 12.4 Å². The van der Waals surface area contributed by atoms with Crippen LogP contribution in [0.1, 0.15) is 24.1 Å². The highest BCUT2D eigenvalue weighted by molar-refractivity contribution is 6.04. The van der Waals surface area contributed by atoms with Crippen LogP contribution in [-0.2, 0) is 30.0 Å². The fraction of sp³-hybridized carbons (Fsp3) is 0.304. The molecule has 2 aromatic rings. The number of benzene rings is 2. The van der Waals surface area contributed by atoms with Crippen molar-refractivity contribution >= 4 is 23.3 Å². The average Bonchev–Trinajstić information content (AvgIpc) is 2.82. The lowest BCUT2D eigenvalue weighted by molar-refractivity contribution is -0.140. The van der Waals surface area contributed by atoms with Gasteiger partial charge in [0.2, 0.25) is 0 Å². The maximum atomic E-state index is 13.5. The highest BCUT2D eigenvalue weighted by Gasteiger charge is 2.36. The molecule has 0 bridgehead atoms. The van der Waals surface area contributed by atoms with Crippen molar-refractivity contribution in [2.24, 2.45) is 0 Å². The van der Waals surface area contributed by atoms with E-state index in [1.54, 1.807) is 0 Å². The molecule has 1 aliphatic heterocycles. The highest BCUT2D eigenvalue weighted by Crippen LogP contribution is 2.39. The first kappa shape index (κ1) is 24.1. The third kappa shape index (κ3) is 5.28. The summed E-state index contributed by atoms with van der Waals surface area (Å²) in [7, 11) is 2.24.